The third kappa shape index (κ3) is 7.77. The fourth-order valence-electron chi connectivity index (χ4n) is 5.44. The summed E-state index contributed by atoms with van der Waals surface area (Å²) in [5, 5.41) is 13.0. The summed E-state index contributed by atoms with van der Waals surface area (Å²) in [6.07, 6.45) is 5.27. The number of anilines is 2. The number of hydrogen-bond donors (Lipinski definition) is 3. The molecule has 0 radical (unpaired) electrons. The summed E-state index contributed by atoms with van der Waals surface area (Å²) in [5.41, 5.74) is 4.51. The lowest BCUT2D eigenvalue weighted by Gasteiger charge is -2.23. The molecule has 4 heterocycles. The van der Waals surface area contributed by atoms with Crippen LogP contribution in [0.5, 0.6) is 11.5 Å². The molecular formula is C35H33ClFN5O4S. The molecule has 6 aromatic rings. The number of Topliss-reactive ketones (excluding diaryl/α,β-unsaturated/α-hetero) is 1. The normalized spacial score (nSPS) is 12.8. The number of nitrogens with zero attached hydrogens (tertiary/aromatic N) is 3. The van der Waals surface area contributed by atoms with Gasteiger partial charge in [0.2, 0.25) is 5.95 Å². The molecule has 12 heteroatoms. The maximum absolute atomic E-state index is 15.2. The van der Waals surface area contributed by atoms with E-state index < -0.39 is 12.4 Å². The Labute approximate surface area is 279 Å². The Kier molecular flexibility index (Phi) is 10.1. The summed E-state index contributed by atoms with van der Waals surface area (Å²) >= 11 is 7.53. The van der Waals surface area contributed by atoms with Crippen molar-refractivity contribution in [2.45, 2.75) is 26.2 Å². The third-order valence-corrected chi connectivity index (χ3v) is 9.45. The number of carbonyl (C=O) groups excluding carboxylic acids is 1. The van der Waals surface area contributed by atoms with Gasteiger partial charge in [-0.1, -0.05) is 24.6 Å². The minimum atomic E-state index is -0.538. The van der Waals surface area contributed by atoms with Crippen LogP contribution in [-0.4, -0.2) is 51.1 Å². The molecule has 0 spiro atoms. The Morgan fingerprint density at radius 1 is 1.09 bits per heavy atom. The molecule has 6 rings (SSSR count). The van der Waals surface area contributed by atoms with Gasteiger partial charge >= 0.3 is 0 Å². The van der Waals surface area contributed by atoms with Gasteiger partial charge in [-0.05, 0) is 72.7 Å². The summed E-state index contributed by atoms with van der Waals surface area (Å²) in [4.78, 5) is 29.7. The van der Waals surface area contributed by atoms with Gasteiger partial charge in [-0.2, -0.15) is 0 Å². The molecule has 0 saturated heterocycles. The van der Waals surface area contributed by atoms with Gasteiger partial charge in [-0.15, -0.1) is 11.3 Å². The first kappa shape index (κ1) is 32.5. The number of carbonyl (C=O) groups is 1. The number of aliphatic hydroxyl groups excluding tert-OH is 1. The van der Waals surface area contributed by atoms with Gasteiger partial charge in [0.25, 0.3) is 0 Å². The van der Waals surface area contributed by atoms with E-state index in [1.54, 1.807) is 49.7 Å². The lowest BCUT2D eigenvalue weighted by molar-refractivity contribution is -0.123. The Hall–Kier alpha value is -4.42. The second-order valence-corrected chi connectivity index (χ2v) is 12.9. The first-order valence-electron chi connectivity index (χ1n) is 15.1. The lowest BCUT2D eigenvalue weighted by atomic mass is 9.83. The van der Waals surface area contributed by atoms with Crippen LogP contribution < -0.4 is 10.1 Å². The van der Waals surface area contributed by atoms with E-state index in [2.05, 4.69) is 27.2 Å². The lowest BCUT2D eigenvalue weighted by Crippen LogP contribution is -2.21. The van der Waals surface area contributed by atoms with Gasteiger partial charge < -0.3 is 24.9 Å². The molecule has 0 bridgehead atoms. The number of aromatic amines is 1. The van der Waals surface area contributed by atoms with E-state index in [4.69, 9.17) is 26.1 Å². The number of aromatic nitrogens is 4. The number of ketones is 1. The SMILES string of the molecule is COCCC(C)C(CC(=O)CO)Cc1ccc(-c2cc3nccc(Oc4ccc(Nc5nc6ccc(Cl)cc6[nH]5)cc4F)c3s2)nc1. The van der Waals surface area contributed by atoms with E-state index in [0.29, 0.717) is 47.4 Å². The molecule has 0 aliphatic heterocycles. The van der Waals surface area contributed by atoms with Crippen molar-refractivity contribution >= 4 is 61.6 Å². The molecule has 3 N–H and O–H groups in total. The predicted octanol–water partition coefficient (Wildman–Crippen LogP) is 8.35. The molecule has 9 nitrogen and oxygen atoms in total. The van der Waals surface area contributed by atoms with Crippen molar-refractivity contribution in [3.8, 4) is 22.1 Å². The summed E-state index contributed by atoms with van der Waals surface area (Å²) in [7, 11) is 1.66. The second-order valence-electron chi connectivity index (χ2n) is 11.4. The topological polar surface area (TPSA) is 122 Å². The van der Waals surface area contributed by atoms with E-state index in [9.17, 15) is 9.90 Å². The fraction of sp³-hybridized carbons (Fsp3) is 0.257. The number of hydrogen-bond acceptors (Lipinski definition) is 9. The van der Waals surface area contributed by atoms with Gasteiger partial charge in [-0.3, -0.25) is 14.8 Å². The molecule has 2 atom stereocenters. The molecule has 0 aliphatic carbocycles. The summed E-state index contributed by atoms with van der Waals surface area (Å²) in [5.74, 6) is 0.632. The van der Waals surface area contributed by atoms with Crippen molar-refractivity contribution in [2.24, 2.45) is 11.8 Å². The van der Waals surface area contributed by atoms with Crippen LogP contribution in [0.25, 0.3) is 31.8 Å². The zero-order chi connectivity index (χ0) is 32.9. The number of rotatable bonds is 14. The van der Waals surface area contributed by atoms with Gasteiger partial charge in [-0.25, -0.2) is 9.37 Å². The quantitative estimate of drug-likeness (QED) is 0.105. The smallest absolute Gasteiger partial charge is 0.205 e. The number of ether oxygens (including phenoxy) is 2. The predicted molar refractivity (Wildman–Crippen MR) is 183 cm³/mol. The van der Waals surface area contributed by atoms with E-state index >= 15 is 4.39 Å². The number of nitrogens with one attached hydrogen (secondary N) is 2. The van der Waals surface area contributed by atoms with Crippen molar-refractivity contribution in [2.75, 3.05) is 25.6 Å². The molecular weight excluding hydrogens is 641 g/mol. The maximum Gasteiger partial charge on any atom is 0.205 e. The van der Waals surface area contributed by atoms with E-state index in [-0.39, 0.29) is 23.4 Å². The molecule has 4 aromatic heterocycles. The van der Waals surface area contributed by atoms with Crippen LogP contribution in [0, 0.1) is 17.7 Å². The van der Waals surface area contributed by atoms with Crippen molar-refractivity contribution in [1.82, 2.24) is 19.9 Å². The first-order valence-corrected chi connectivity index (χ1v) is 16.3. The monoisotopic (exact) mass is 673 g/mol. The molecule has 2 aromatic carbocycles. The van der Waals surface area contributed by atoms with Crippen molar-refractivity contribution in [1.29, 1.82) is 0 Å². The van der Waals surface area contributed by atoms with Gasteiger partial charge in [0.15, 0.2) is 17.3 Å². The number of H-pyrrole nitrogens is 1. The fourth-order valence-corrected chi connectivity index (χ4v) is 6.66. The largest absolute Gasteiger partial charge is 0.453 e. The maximum atomic E-state index is 15.2. The third-order valence-electron chi connectivity index (χ3n) is 8.06. The minimum Gasteiger partial charge on any atom is -0.453 e. The molecule has 0 saturated carbocycles. The molecule has 0 aliphatic rings. The summed E-state index contributed by atoms with van der Waals surface area (Å²) in [6, 6.07) is 17.6. The number of imidazole rings is 1. The molecule has 0 fully saturated rings. The number of halogens is 2. The van der Waals surface area contributed by atoms with Crippen LogP contribution in [-0.2, 0) is 16.0 Å². The van der Waals surface area contributed by atoms with Crippen LogP contribution >= 0.6 is 22.9 Å². The van der Waals surface area contributed by atoms with Crippen molar-refractivity contribution in [3.05, 3.63) is 89.5 Å². The minimum absolute atomic E-state index is 0.0702. The average molecular weight is 674 g/mol. The van der Waals surface area contributed by atoms with E-state index in [0.717, 1.165) is 38.3 Å². The van der Waals surface area contributed by atoms with Gasteiger partial charge in [0.05, 0.1) is 31.8 Å². The number of fused-ring (bicyclic) bond motifs is 2. The molecule has 242 valence electrons. The Morgan fingerprint density at radius 2 is 1.96 bits per heavy atom. The number of thiophene rings is 1. The summed E-state index contributed by atoms with van der Waals surface area (Å²) in [6.45, 7) is 2.27. The average Bonchev–Trinajstić information content (AvgIpc) is 3.69. The van der Waals surface area contributed by atoms with E-state index in [1.165, 1.54) is 17.4 Å². The van der Waals surface area contributed by atoms with Gasteiger partial charge in [0, 0.05) is 55.4 Å². The van der Waals surface area contributed by atoms with Crippen LogP contribution in [0.1, 0.15) is 25.3 Å². The summed E-state index contributed by atoms with van der Waals surface area (Å²) < 4.78 is 27.3. The Balaban J connectivity index is 1.16. The number of aliphatic hydroxyl groups is 1. The standard InChI is InChI=1S/C35H33ClFN5O4S/c1-20(10-12-45-2)22(14-25(44)19-43)13-21-3-6-28(39-18-21)33-17-30-34(47-33)32(9-11-38-30)46-31-8-5-24(16-26(31)37)40-35-41-27-7-4-23(36)15-29(27)42-35/h3-9,11,15-18,20,22,43H,10,12-14,19H2,1-2H3,(H2,40,41,42). The van der Waals surface area contributed by atoms with Crippen LogP contribution in [0.15, 0.2) is 73.1 Å². The van der Waals surface area contributed by atoms with Crippen LogP contribution in [0.3, 0.4) is 0 Å². The van der Waals surface area contributed by atoms with E-state index in [1.807, 2.05) is 24.4 Å². The highest BCUT2D eigenvalue weighted by molar-refractivity contribution is 7.22. The Bertz CT molecular complexity index is 2020. The zero-order valence-electron chi connectivity index (χ0n) is 25.8. The number of benzene rings is 2. The second kappa shape index (κ2) is 14.6. The van der Waals surface area contributed by atoms with Crippen LogP contribution in [0.4, 0.5) is 16.0 Å². The van der Waals surface area contributed by atoms with Crippen molar-refractivity contribution < 1.29 is 23.8 Å². The van der Waals surface area contributed by atoms with Crippen molar-refractivity contribution in [3.63, 3.8) is 0 Å². The molecule has 47 heavy (non-hydrogen) atoms. The first-order chi connectivity index (χ1) is 22.8. The zero-order valence-corrected chi connectivity index (χ0v) is 27.4. The molecule has 0 amide bonds. The highest BCUT2D eigenvalue weighted by Crippen LogP contribution is 2.39. The van der Waals surface area contributed by atoms with Crippen LogP contribution in [0.2, 0.25) is 5.02 Å². The number of pyridine rings is 2. The Morgan fingerprint density at radius 3 is 2.72 bits per heavy atom. The molecule has 2 unspecified atom stereocenters. The van der Waals surface area contributed by atoms with Gasteiger partial charge in [0.1, 0.15) is 12.4 Å². The highest BCUT2D eigenvalue weighted by atomic mass is 35.5. The number of methoxy groups -OCH3 is 1. The highest BCUT2D eigenvalue weighted by Gasteiger charge is 2.21.